The number of fused-ring (bicyclic) bond motifs is 1. The Bertz CT molecular complexity index is 3050. The van der Waals surface area contributed by atoms with Crippen molar-refractivity contribution in [3.05, 3.63) is 237 Å². The van der Waals surface area contributed by atoms with E-state index >= 15 is 0 Å². The lowest BCUT2D eigenvalue weighted by Crippen LogP contribution is -2.39. The van der Waals surface area contributed by atoms with Gasteiger partial charge in [-0.05, 0) is 80.4 Å². The fourth-order valence-corrected chi connectivity index (χ4v) is 9.03. The molecule has 1 aliphatic rings. The normalized spacial score (nSPS) is 13.8. The molecule has 1 unspecified atom stereocenters. The second-order valence-electron chi connectivity index (χ2n) is 16.5. The molecule has 1 aliphatic heterocycles. The number of hydrogen-bond acceptors (Lipinski definition) is 7. The highest BCUT2D eigenvalue weighted by Crippen LogP contribution is 2.43. The van der Waals surface area contributed by atoms with Crippen molar-refractivity contribution >= 4 is 16.6 Å². The van der Waals surface area contributed by atoms with Crippen LogP contribution in [0.3, 0.4) is 0 Å². The Hall–Kier alpha value is -7.78. The minimum Gasteiger partial charge on any atom is -0.387 e. The van der Waals surface area contributed by atoms with E-state index in [0.717, 1.165) is 74.4 Å². The summed E-state index contributed by atoms with van der Waals surface area (Å²) in [5.41, 5.74) is 10.8. The molecular formula is C55H47N7O2. The van der Waals surface area contributed by atoms with E-state index in [1.54, 1.807) is 0 Å². The SMILES string of the molecule is CCCCc1nc2ccc(C3CC(c4ccc(C)cc4)=NO3)cc2c(=O)n1Cc1ccc(-c2ccccc2-c2nnnn2C(c2ccccc2)(c2ccccc2)c2ccccc2)cc1. The summed E-state index contributed by atoms with van der Waals surface area (Å²) >= 11 is 0. The highest BCUT2D eigenvalue weighted by Gasteiger charge is 2.42. The Balaban J connectivity index is 0.996. The van der Waals surface area contributed by atoms with Crippen molar-refractivity contribution in [3.63, 3.8) is 0 Å². The van der Waals surface area contributed by atoms with Gasteiger partial charge in [0.15, 0.2) is 11.9 Å². The molecule has 0 amide bonds. The van der Waals surface area contributed by atoms with Crippen molar-refractivity contribution in [2.24, 2.45) is 5.16 Å². The topological polar surface area (TPSA) is 100 Å². The number of tetrazole rings is 1. The summed E-state index contributed by atoms with van der Waals surface area (Å²) in [7, 11) is 0. The van der Waals surface area contributed by atoms with Crippen molar-refractivity contribution in [2.75, 3.05) is 0 Å². The van der Waals surface area contributed by atoms with E-state index in [9.17, 15) is 4.79 Å². The second-order valence-corrected chi connectivity index (χ2v) is 16.5. The molecule has 9 aromatic rings. The van der Waals surface area contributed by atoms with Crippen LogP contribution in [0.25, 0.3) is 33.4 Å². The van der Waals surface area contributed by atoms with Crippen LogP contribution in [0.15, 0.2) is 192 Å². The third kappa shape index (κ3) is 7.49. The molecule has 1 atom stereocenters. The smallest absolute Gasteiger partial charge is 0.261 e. The molecule has 0 aliphatic carbocycles. The number of hydrogen-bond donors (Lipinski definition) is 0. The monoisotopic (exact) mass is 837 g/mol. The molecule has 10 rings (SSSR count). The van der Waals surface area contributed by atoms with Crippen molar-refractivity contribution < 1.29 is 4.84 Å². The minimum atomic E-state index is -0.890. The van der Waals surface area contributed by atoms with Gasteiger partial charge in [-0.25, -0.2) is 9.67 Å². The standard InChI is InChI=1S/C55H47N7O2/c1-3-4-24-52-56-49-34-33-42(51-36-50(58-64-51)41-29-25-38(2)26-30-41)35-48(49)54(63)61(52)37-39-27-31-40(32-28-39)46-22-14-15-23-47(46)53-57-59-60-62(53)55(43-16-8-5-9-17-43,44-18-10-6-11-19-44)45-20-12-7-13-21-45/h5-23,25-35,51H,3-4,24,36-37H2,1-2H3. The Morgan fingerprint density at radius 2 is 1.30 bits per heavy atom. The number of unbranched alkanes of at least 4 members (excludes halogenated alkanes) is 1. The zero-order chi connectivity index (χ0) is 43.5. The molecule has 9 heteroatoms. The molecule has 0 fully saturated rings. The summed E-state index contributed by atoms with van der Waals surface area (Å²) in [5, 5.41) is 18.9. The maximum atomic E-state index is 14.5. The summed E-state index contributed by atoms with van der Waals surface area (Å²) < 4.78 is 3.82. The average Bonchev–Trinajstić information content (AvgIpc) is 4.06. The van der Waals surface area contributed by atoms with Crippen LogP contribution in [0, 0.1) is 6.92 Å². The molecular weight excluding hydrogens is 791 g/mol. The Kier molecular flexibility index (Phi) is 11.0. The Morgan fingerprint density at radius 1 is 0.688 bits per heavy atom. The molecule has 2 aromatic heterocycles. The molecule has 3 heterocycles. The predicted octanol–water partition coefficient (Wildman–Crippen LogP) is 11.1. The maximum Gasteiger partial charge on any atom is 0.261 e. The van der Waals surface area contributed by atoms with Crippen LogP contribution in [0.1, 0.15) is 77.1 Å². The average molecular weight is 838 g/mol. The van der Waals surface area contributed by atoms with Gasteiger partial charge in [-0.15, -0.1) is 5.10 Å². The van der Waals surface area contributed by atoms with Crippen LogP contribution in [0.4, 0.5) is 0 Å². The highest BCUT2D eigenvalue weighted by molar-refractivity contribution is 6.01. The summed E-state index contributed by atoms with van der Waals surface area (Å²) in [4.78, 5) is 25.5. The van der Waals surface area contributed by atoms with Gasteiger partial charge in [0, 0.05) is 18.4 Å². The Labute approximate surface area is 372 Å². The summed E-state index contributed by atoms with van der Waals surface area (Å²) in [6.45, 7) is 4.62. The molecule has 0 N–H and O–H groups in total. The van der Waals surface area contributed by atoms with Crippen LogP contribution in [0.5, 0.6) is 0 Å². The minimum absolute atomic E-state index is 0.0596. The number of rotatable bonds is 13. The van der Waals surface area contributed by atoms with Gasteiger partial charge in [-0.1, -0.05) is 194 Å². The van der Waals surface area contributed by atoms with E-state index < -0.39 is 5.54 Å². The number of oxime groups is 1. The van der Waals surface area contributed by atoms with Crippen LogP contribution in [-0.2, 0) is 23.3 Å². The fraction of sp³-hybridized carbons (Fsp3) is 0.164. The lowest BCUT2D eigenvalue weighted by Gasteiger charge is -2.36. The van der Waals surface area contributed by atoms with Crippen LogP contribution in [0.2, 0.25) is 0 Å². The fourth-order valence-electron chi connectivity index (χ4n) is 9.03. The van der Waals surface area contributed by atoms with Gasteiger partial charge in [0.2, 0.25) is 0 Å². The molecule has 0 saturated heterocycles. The molecule has 0 bridgehead atoms. The zero-order valence-electron chi connectivity index (χ0n) is 35.9. The molecule has 64 heavy (non-hydrogen) atoms. The van der Waals surface area contributed by atoms with Gasteiger partial charge in [-0.2, -0.15) is 0 Å². The van der Waals surface area contributed by atoms with Crippen molar-refractivity contribution in [2.45, 2.75) is 57.7 Å². The lowest BCUT2D eigenvalue weighted by atomic mass is 9.77. The number of aromatic nitrogens is 6. The van der Waals surface area contributed by atoms with Crippen molar-refractivity contribution in [3.8, 4) is 22.5 Å². The third-order valence-electron chi connectivity index (χ3n) is 12.4. The number of nitrogens with zero attached hydrogens (tertiary/aromatic N) is 7. The number of benzene rings is 7. The second kappa shape index (κ2) is 17.5. The predicted molar refractivity (Wildman–Crippen MR) is 253 cm³/mol. The largest absolute Gasteiger partial charge is 0.387 e. The van der Waals surface area contributed by atoms with Crippen LogP contribution in [-0.4, -0.2) is 35.5 Å². The summed E-state index contributed by atoms with van der Waals surface area (Å²) in [5.74, 6) is 1.42. The molecule has 0 radical (unpaired) electrons. The van der Waals surface area contributed by atoms with Gasteiger partial charge in [-0.3, -0.25) is 9.36 Å². The summed E-state index contributed by atoms with van der Waals surface area (Å²) in [6, 6.07) is 62.2. The number of aryl methyl sites for hydroxylation is 2. The molecule has 314 valence electrons. The highest BCUT2D eigenvalue weighted by atomic mass is 16.6. The van der Waals surface area contributed by atoms with Gasteiger partial charge in [0.05, 0.1) is 23.2 Å². The zero-order valence-corrected chi connectivity index (χ0v) is 35.9. The van der Waals surface area contributed by atoms with Crippen LogP contribution < -0.4 is 5.56 Å². The van der Waals surface area contributed by atoms with Crippen LogP contribution >= 0.6 is 0 Å². The first-order valence-electron chi connectivity index (χ1n) is 22.0. The first kappa shape index (κ1) is 40.3. The third-order valence-corrected chi connectivity index (χ3v) is 12.4. The Morgan fingerprint density at radius 3 is 1.94 bits per heavy atom. The maximum absolute atomic E-state index is 14.5. The molecule has 0 saturated carbocycles. The lowest BCUT2D eigenvalue weighted by molar-refractivity contribution is 0.0858. The van der Waals surface area contributed by atoms with E-state index in [-0.39, 0.29) is 11.7 Å². The quantitative estimate of drug-likeness (QED) is 0.107. The van der Waals surface area contributed by atoms with E-state index in [1.165, 1.54) is 5.56 Å². The first-order chi connectivity index (χ1) is 31.5. The van der Waals surface area contributed by atoms with E-state index in [1.807, 2.05) is 57.8 Å². The van der Waals surface area contributed by atoms with Crippen molar-refractivity contribution in [1.82, 2.24) is 29.8 Å². The molecule has 0 spiro atoms. The summed E-state index contributed by atoms with van der Waals surface area (Å²) in [6.07, 6.45) is 2.98. The van der Waals surface area contributed by atoms with Crippen molar-refractivity contribution in [1.29, 1.82) is 0 Å². The first-order valence-corrected chi connectivity index (χ1v) is 22.0. The van der Waals surface area contributed by atoms with E-state index in [4.69, 9.17) is 20.1 Å². The van der Waals surface area contributed by atoms with E-state index in [0.29, 0.717) is 36.1 Å². The van der Waals surface area contributed by atoms with Gasteiger partial charge in [0.25, 0.3) is 5.56 Å². The van der Waals surface area contributed by atoms with Gasteiger partial charge < -0.3 is 4.84 Å². The van der Waals surface area contributed by atoms with Gasteiger partial charge in [0.1, 0.15) is 11.4 Å². The molecule has 7 aromatic carbocycles. The van der Waals surface area contributed by atoms with E-state index in [2.05, 4.69) is 158 Å². The van der Waals surface area contributed by atoms with Gasteiger partial charge >= 0.3 is 0 Å². The molecule has 9 nitrogen and oxygen atoms in total.